The summed E-state index contributed by atoms with van der Waals surface area (Å²) in [6.45, 7) is 4.11. The minimum Gasteiger partial charge on any atom is -0.467 e. The molecule has 0 spiro atoms. The maximum atomic E-state index is 12.1. The van der Waals surface area contributed by atoms with Crippen LogP contribution in [-0.2, 0) is 19.0 Å². The lowest BCUT2D eigenvalue weighted by molar-refractivity contribution is -0.152. The molecule has 1 aromatic rings. The molecule has 1 aromatic carbocycles. The van der Waals surface area contributed by atoms with Crippen LogP contribution in [-0.4, -0.2) is 32.3 Å². The molecule has 1 aliphatic carbocycles. The third-order valence-corrected chi connectivity index (χ3v) is 5.14. The van der Waals surface area contributed by atoms with Gasteiger partial charge < -0.3 is 18.9 Å². The van der Waals surface area contributed by atoms with Crippen molar-refractivity contribution in [3.8, 4) is 5.75 Å². The first-order valence-electron chi connectivity index (χ1n) is 10.2. The lowest BCUT2D eigenvalue weighted by atomic mass is 9.81. The number of methoxy groups -OCH3 is 1. The van der Waals surface area contributed by atoms with Gasteiger partial charge in [0.2, 0.25) is 0 Å². The Morgan fingerprint density at radius 1 is 1.15 bits per heavy atom. The second-order valence-corrected chi connectivity index (χ2v) is 7.18. The number of benzene rings is 1. The Morgan fingerprint density at radius 2 is 1.89 bits per heavy atom. The van der Waals surface area contributed by atoms with Gasteiger partial charge in [0.05, 0.1) is 0 Å². The highest BCUT2D eigenvalue weighted by Crippen LogP contribution is 2.36. The SMILES string of the molecule is CCCCCC(=O)OC1CCCCC1c1ccc(OCOC(C)OC)cc1. The monoisotopic (exact) mass is 378 g/mol. The van der Waals surface area contributed by atoms with Crippen molar-refractivity contribution >= 4 is 5.97 Å². The fraction of sp³-hybridized carbons (Fsp3) is 0.682. The molecule has 0 bridgehead atoms. The van der Waals surface area contributed by atoms with Crippen LogP contribution in [0.3, 0.4) is 0 Å². The number of unbranched alkanes of at least 4 members (excludes halogenated alkanes) is 2. The first-order chi connectivity index (χ1) is 13.1. The van der Waals surface area contributed by atoms with E-state index in [2.05, 4.69) is 19.1 Å². The van der Waals surface area contributed by atoms with E-state index >= 15 is 0 Å². The summed E-state index contributed by atoms with van der Waals surface area (Å²) in [6.07, 6.45) is 7.65. The molecule has 0 saturated heterocycles. The van der Waals surface area contributed by atoms with Gasteiger partial charge in [-0.2, -0.15) is 0 Å². The maximum Gasteiger partial charge on any atom is 0.306 e. The summed E-state index contributed by atoms with van der Waals surface area (Å²) in [5.41, 5.74) is 1.21. The summed E-state index contributed by atoms with van der Waals surface area (Å²) in [5, 5.41) is 0. The summed E-state index contributed by atoms with van der Waals surface area (Å²) in [5.74, 6) is 0.975. The van der Waals surface area contributed by atoms with Gasteiger partial charge in [0, 0.05) is 19.4 Å². The van der Waals surface area contributed by atoms with E-state index in [1.54, 1.807) is 7.11 Å². The molecule has 2 rings (SSSR count). The summed E-state index contributed by atoms with van der Waals surface area (Å²) in [6, 6.07) is 8.04. The second-order valence-electron chi connectivity index (χ2n) is 7.18. The fourth-order valence-electron chi connectivity index (χ4n) is 3.44. The zero-order valence-corrected chi connectivity index (χ0v) is 16.9. The Kier molecular flexibility index (Phi) is 9.64. The van der Waals surface area contributed by atoms with Crippen molar-refractivity contribution in [1.29, 1.82) is 0 Å². The number of hydrogen-bond donors (Lipinski definition) is 0. The van der Waals surface area contributed by atoms with E-state index in [-0.39, 0.29) is 31.1 Å². The van der Waals surface area contributed by atoms with Gasteiger partial charge in [-0.05, 0) is 50.3 Å². The van der Waals surface area contributed by atoms with Crippen molar-refractivity contribution in [2.75, 3.05) is 13.9 Å². The number of ether oxygens (including phenoxy) is 4. The number of hydrogen-bond acceptors (Lipinski definition) is 5. The van der Waals surface area contributed by atoms with Gasteiger partial charge >= 0.3 is 5.97 Å². The van der Waals surface area contributed by atoms with Crippen LogP contribution in [0.4, 0.5) is 0 Å². The van der Waals surface area contributed by atoms with Gasteiger partial charge in [-0.15, -0.1) is 0 Å². The Labute approximate surface area is 163 Å². The van der Waals surface area contributed by atoms with Crippen molar-refractivity contribution in [3.63, 3.8) is 0 Å². The predicted molar refractivity (Wildman–Crippen MR) is 105 cm³/mol. The number of carbonyl (C=O) groups excluding carboxylic acids is 1. The van der Waals surface area contributed by atoms with Crippen LogP contribution in [0.2, 0.25) is 0 Å². The second kappa shape index (κ2) is 12.0. The number of rotatable bonds is 11. The van der Waals surface area contributed by atoms with Crippen molar-refractivity contribution < 1.29 is 23.7 Å². The zero-order valence-electron chi connectivity index (χ0n) is 16.9. The topological polar surface area (TPSA) is 54.0 Å². The molecule has 3 unspecified atom stereocenters. The molecule has 3 atom stereocenters. The maximum absolute atomic E-state index is 12.1. The largest absolute Gasteiger partial charge is 0.467 e. The van der Waals surface area contributed by atoms with E-state index in [9.17, 15) is 4.79 Å². The highest BCUT2D eigenvalue weighted by molar-refractivity contribution is 5.69. The van der Waals surface area contributed by atoms with Crippen molar-refractivity contribution in [1.82, 2.24) is 0 Å². The Bertz CT molecular complexity index is 542. The molecule has 1 fully saturated rings. The lowest BCUT2D eigenvalue weighted by Crippen LogP contribution is -2.28. The number of esters is 1. The summed E-state index contributed by atoms with van der Waals surface area (Å²) in [4.78, 5) is 12.1. The van der Waals surface area contributed by atoms with Crippen LogP contribution in [0, 0.1) is 0 Å². The molecule has 0 aliphatic heterocycles. The van der Waals surface area contributed by atoms with E-state index in [4.69, 9.17) is 18.9 Å². The summed E-state index contributed by atoms with van der Waals surface area (Å²) in [7, 11) is 1.59. The quantitative estimate of drug-likeness (QED) is 0.302. The molecule has 5 nitrogen and oxygen atoms in total. The zero-order chi connectivity index (χ0) is 19.5. The minimum absolute atomic E-state index is 0.00877. The normalized spacial score (nSPS) is 20.9. The van der Waals surface area contributed by atoms with Crippen LogP contribution in [0.5, 0.6) is 5.75 Å². The van der Waals surface area contributed by atoms with Crippen LogP contribution in [0.15, 0.2) is 24.3 Å². The van der Waals surface area contributed by atoms with Crippen LogP contribution in [0.25, 0.3) is 0 Å². The van der Waals surface area contributed by atoms with Crippen molar-refractivity contribution in [2.45, 2.75) is 83.5 Å². The Morgan fingerprint density at radius 3 is 2.59 bits per heavy atom. The van der Waals surface area contributed by atoms with Crippen LogP contribution in [0.1, 0.15) is 76.7 Å². The Hall–Kier alpha value is -1.59. The highest BCUT2D eigenvalue weighted by atomic mass is 16.7. The summed E-state index contributed by atoms with van der Waals surface area (Å²) >= 11 is 0. The summed E-state index contributed by atoms with van der Waals surface area (Å²) < 4.78 is 21.8. The van der Waals surface area contributed by atoms with E-state index in [0.29, 0.717) is 6.42 Å². The average molecular weight is 379 g/mol. The molecule has 5 heteroatoms. The molecule has 27 heavy (non-hydrogen) atoms. The smallest absolute Gasteiger partial charge is 0.306 e. The lowest BCUT2D eigenvalue weighted by Gasteiger charge is -2.31. The molecule has 0 N–H and O–H groups in total. The predicted octanol–water partition coefficient (Wildman–Crippen LogP) is 5.18. The van der Waals surface area contributed by atoms with Crippen molar-refractivity contribution in [2.24, 2.45) is 0 Å². The highest BCUT2D eigenvalue weighted by Gasteiger charge is 2.29. The third-order valence-electron chi connectivity index (χ3n) is 5.14. The molecule has 1 saturated carbocycles. The molecule has 1 aliphatic rings. The van der Waals surface area contributed by atoms with Crippen LogP contribution < -0.4 is 4.74 Å². The van der Waals surface area contributed by atoms with Crippen molar-refractivity contribution in [3.05, 3.63) is 29.8 Å². The fourth-order valence-corrected chi connectivity index (χ4v) is 3.44. The molecule has 0 amide bonds. The average Bonchev–Trinajstić information content (AvgIpc) is 2.69. The Balaban J connectivity index is 1.88. The molecule has 0 aromatic heterocycles. The molecular weight excluding hydrogens is 344 g/mol. The number of carbonyl (C=O) groups is 1. The molecular formula is C22H34O5. The van der Waals surface area contributed by atoms with Gasteiger partial charge in [0.1, 0.15) is 11.9 Å². The van der Waals surface area contributed by atoms with Crippen LogP contribution >= 0.6 is 0 Å². The first kappa shape index (κ1) is 21.7. The van der Waals surface area contributed by atoms with Gasteiger partial charge in [0.15, 0.2) is 13.1 Å². The van der Waals surface area contributed by atoms with E-state index in [1.165, 1.54) is 12.0 Å². The minimum atomic E-state index is -0.292. The molecule has 0 heterocycles. The van der Waals surface area contributed by atoms with Gasteiger partial charge in [0.25, 0.3) is 0 Å². The van der Waals surface area contributed by atoms with Gasteiger partial charge in [-0.3, -0.25) is 4.79 Å². The van der Waals surface area contributed by atoms with Gasteiger partial charge in [-0.25, -0.2) is 0 Å². The van der Waals surface area contributed by atoms with E-state index < -0.39 is 0 Å². The first-order valence-corrected chi connectivity index (χ1v) is 10.2. The standard InChI is InChI=1S/C22H34O5/c1-4-5-6-11-22(23)27-21-10-8-7-9-20(21)18-12-14-19(15-13-18)26-16-25-17(2)24-3/h12-15,17,20-21H,4-11,16H2,1-3H3. The van der Waals surface area contributed by atoms with Gasteiger partial charge in [-0.1, -0.05) is 38.3 Å². The molecule has 152 valence electrons. The third kappa shape index (κ3) is 7.51. The van der Waals surface area contributed by atoms with E-state index in [0.717, 1.165) is 44.3 Å². The molecule has 0 radical (unpaired) electrons. The van der Waals surface area contributed by atoms with E-state index in [1.807, 2.05) is 19.1 Å².